The molecule has 0 aliphatic heterocycles. The fourth-order valence-electron chi connectivity index (χ4n) is 3.28. The van der Waals surface area contributed by atoms with Crippen LogP contribution < -0.4 is 0 Å². The number of aromatic nitrogens is 6. The van der Waals surface area contributed by atoms with E-state index >= 15 is 0 Å². The molecule has 3 aromatic heterocycles. The lowest BCUT2D eigenvalue weighted by Gasteiger charge is -2.09. The van der Waals surface area contributed by atoms with Crippen LogP contribution in [-0.4, -0.2) is 29.9 Å². The minimum atomic E-state index is -0.282. The van der Waals surface area contributed by atoms with E-state index in [1.54, 1.807) is 18.5 Å². The number of hydrogen-bond acceptors (Lipinski definition) is 7. The summed E-state index contributed by atoms with van der Waals surface area (Å²) in [4.78, 5) is 8.40. The van der Waals surface area contributed by atoms with Gasteiger partial charge in [-0.25, -0.2) is 4.39 Å². The zero-order chi connectivity index (χ0) is 21.1. The smallest absolute Gasteiger partial charge is 0.260 e. The van der Waals surface area contributed by atoms with Crippen LogP contribution in [-0.2, 0) is 25.6 Å². The molecule has 0 aliphatic carbocycles. The highest BCUT2D eigenvalue weighted by atomic mass is 32.2. The zero-order valence-electron chi connectivity index (χ0n) is 17.0. The third-order valence-electron chi connectivity index (χ3n) is 4.88. The maximum Gasteiger partial charge on any atom is 0.260 e. The summed E-state index contributed by atoms with van der Waals surface area (Å²) in [7, 11) is 1.90. The van der Waals surface area contributed by atoms with Crippen LogP contribution in [0.3, 0.4) is 0 Å². The number of nitrogens with zero attached hydrogens (tertiary/aromatic N) is 6. The molecule has 154 valence electrons. The van der Waals surface area contributed by atoms with E-state index < -0.39 is 0 Å². The third kappa shape index (κ3) is 3.85. The molecule has 0 amide bonds. The van der Waals surface area contributed by atoms with Gasteiger partial charge in [-0.3, -0.25) is 4.98 Å². The second kappa shape index (κ2) is 8.74. The Morgan fingerprint density at radius 1 is 1.07 bits per heavy atom. The first-order valence-electron chi connectivity index (χ1n) is 9.68. The quantitative estimate of drug-likeness (QED) is 0.404. The summed E-state index contributed by atoms with van der Waals surface area (Å²) >= 11 is 1.44. The molecule has 0 saturated heterocycles. The van der Waals surface area contributed by atoms with Crippen molar-refractivity contribution in [3.63, 3.8) is 0 Å². The van der Waals surface area contributed by atoms with Crippen molar-refractivity contribution in [2.75, 3.05) is 0 Å². The van der Waals surface area contributed by atoms with E-state index in [0.29, 0.717) is 29.1 Å². The van der Waals surface area contributed by atoms with Crippen molar-refractivity contribution >= 4 is 11.8 Å². The summed E-state index contributed by atoms with van der Waals surface area (Å²) in [6.07, 6.45) is 4.83. The average molecular weight is 425 g/mol. The first-order valence-corrected chi connectivity index (χ1v) is 10.7. The van der Waals surface area contributed by atoms with Crippen LogP contribution in [0.4, 0.5) is 4.39 Å². The molecule has 0 fully saturated rings. The maximum absolute atomic E-state index is 14.9. The predicted molar refractivity (Wildman–Crippen MR) is 112 cm³/mol. The normalized spacial score (nSPS) is 11.2. The molecule has 0 spiro atoms. The highest BCUT2D eigenvalue weighted by molar-refractivity contribution is 7.98. The first kappa shape index (κ1) is 20.2. The first-order chi connectivity index (χ1) is 14.6. The molecule has 0 N–H and O–H groups in total. The van der Waals surface area contributed by atoms with Gasteiger partial charge in [0.15, 0.2) is 16.8 Å². The van der Waals surface area contributed by atoms with E-state index in [9.17, 15) is 4.39 Å². The summed E-state index contributed by atoms with van der Waals surface area (Å²) in [6.45, 7) is 3.96. The van der Waals surface area contributed by atoms with Gasteiger partial charge >= 0.3 is 0 Å². The Balaban J connectivity index is 1.51. The van der Waals surface area contributed by atoms with Crippen LogP contribution in [0.5, 0.6) is 0 Å². The van der Waals surface area contributed by atoms with Gasteiger partial charge in [0.2, 0.25) is 0 Å². The minimum absolute atomic E-state index is 0.191. The van der Waals surface area contributed by atoms with Crippen LogP contribution in [0.25, 0.3) is 22.8 Å². The van der Waals surface area contributed by atoms with E-state index in [1.165, 1.54) is 11.8 Å². The molecule has 0 atom stereocenters. The van der Waals surface area contributed by atoms with Gasteiger partial charge in [0, 0.05) is 25.0 Å². The molecule has 3 heterocycles. The Morgan fingerprint density at radius 2 is 1.87 bits per heavy atom. The number of rotatable bonds is 7. The summed E-state index contributed by atoms with van der Waals surface area (Å²) in [5.74, 6) is 1.56. The molecule has 0 bridgehead atoms. The molecule has 0 radical (unpaired) electrons. The fourth-order valence-corrected chi connectivity index (χ4v) is 4.04. The second-order valence-corrected chi connectivity index (χ2v) is 7.62. The largest absolute Gasteiger partial charge is 0.334 e. The molecule has 4 rings (SSSR count). The van der Waals surface area contributed by atoms with Gasteiger partial charge in [-0.05, 0) is 42.2 Å². The molecule has 7 nitrogen and oxygen atoms in total. The molecule has 4 aromatic rings. The topological polar surface area (TPSA) is 82.5 Å². The molecule has 0 unspecified atom stereocenters. The van der Waals surface area contributed by atoms with E-state index in [0.717, 1.165) is 28.5 Å². The van der Waals surface area contributed by atoms with Crippen molar-refractivity contribution in [1.29, 1.82) is 0 Å². The molecular formula is C21H21FN6OS. The lowest BCUT2D eigenvalue weighted by molar-refractivity contribution is 0.422. The molecule has 0 aliphatic rings. The van der Waals surface area contributed by atoms with Gasteiger partial charge in [-0.1, -0.05) is 36.8 Å². The van der Waals surface area contributed by atoms with Gasteiger partial charge in [-0.15, -0.1) is 10.2 Å². The average Bonchev–Trinajstić information content (AvgIpc) is 3.39. The molecule has 30 heavy (non-hydrogen) atoms. The standard InChI is InChI=1S/C21H21FN6OS/c1-4-13-6-7-16(18(22)15(13)5-2)20-24-17(27-29-20)12-30-21-26-25-19(28(21)3)14-8-10-23-11-9-14/h6-11H,4-5,12H2,1-3H3. The van der Waals surface area contributed by atoms with E-state index in [-0.39, 0.29) is 11.7 Å². The fraction of sp³-hybridized carbons (Fsp3) is 0.286. The molecule has 0 saturated carbocycles. The minimum Gasteiger partial charge on any atom is -0.334 e. The van der Waals surface area contributed by atoms with Gasteiger partial charge in [0.25, 0.3) is 5.89 Å². The number of thioether (sulfide) groups is 1. The van der Waals surface area contributed by atoms with Crippen LogP contribution in [0.2, 0.25) is 0 Å². The maximum atomic E-state index is 14.9. The summed E-state index contributed by atoms with van der Waals surface area (Å²) in [5, 5.41) is 13.2. The molecule has 1 aromatic carbocycles. The van der Waals surface area contributed by atoms with Crippen molar-refractivity contribution in [2.24, 2.45) is 7.05 Å². The Kier molecular flexibility index (Phi) is 5.89. The van der Waals surface area contributed by atoms with Crippen molar-refractivity contribution in [3.8, 4) is 22.8 Å². The van der Waals surface area contributed by atoms with E-state index in [2.05, 4.69) is 25.3 Å². The third-order valence-corrected chi connectivity index (χ3v) is 5.89. The Hall–Kier alpha value is -3.07. The van der Waals surface area contributed by atoms with Crippen molar-refractivity contribution in [1.82, 2.24) is 29.9 Å². The van der Waals surface area contributed by atoms with Crippen molar-refractivity contribution in [2.45, 2.75) is 37.6 Å². The van der Waals surface area contributed by atoms with Crippen LogP contribution in [0.15, 0.2) is 46.3 Å². The van der Waals surface area contributed by atoms with Gasteiger partial charge in [0.05, 0.1) is 11.3 Å². The zero-order valence-corrected chi connectivity index (χ0v) is 17.8. The Labute approximate surface area is 177 Å². The lowest BCUT2D eigenvalue weighted by Crippen LogP contribution is -1.98. The number of aryl methyl sites for hydroxylation is 1. The number of pyridine rings is 1. The lowest BCUT2D eigenvalue weighted by atomic mass is 9.99. The van der Waals surface area contributed by atoms with E-state index in [1.807, 2.05) is 43.7 Å². The molecular weight excluding hydrogens is 403 g/mol. The molecule has 9 heteroatoms. The second-order valence-electron chi connectivity index (χ2n) is 6.68. The van der Waals surface area contributed by atoms with E-state index in [4.69, 9.17) is 4.52 Å². The van der Waals surface area contributed by atoms with Crippen molar-refractivity contribution in [3.05, 3.63) is 59.4 Å². The van der Waals surface area contributed by atoms with Gasteiger partial charge < -0.3 is 9.09 Å². The Morgan fingerprint density at radius 3 is 2.60 bits per heavy atom. The highest BCUT2D eigenvalue weighted by Gasteiger charge is 2.18. The number of benzene rings is 1. The van der Waals surface area contributed by atoms with Crippen LogP contribution >= 0.6 is 11.8 Å². The van der Waals surface area contributed by atoms with Crippen LogP contribution in [0.1, 0.15) is 30.8 Å². The monoisotopic (exact) mass is 424 g/mol. The Bertz CT molecular complexity index is 1160. The summed E-state index contributed by atoms with van der Waals surface area (Å²) < 4.78 is 22.2. The number of halogens is 1. The SMILES string of the molecule is CCc1ccc(-c2nc(CSc3nnc(-c4ccncc4)n3C)no2)c(F)c1CC. The number of hydrogen-bond donors (Lipinski definition) is 0. The van der Waals surface area contributed by atoms with Crippen molar-refractivity contribution < 1.29 is 8.91 Å². The highest BCUT2D eigenvalue weighted by Crippen LogP contribution is 2.29. The predicted octanol–water partition coefficient (Wildman–Crippen LogP) is 4.48. The van der Waals surface area contributed by atoms with Gasteiger partial charge in [0.1, 0.15) is 5.82 Å². The summed E-state index contributed by atoms with van der Waals surface area (Å²) in [5.41, 5.74) is 2.98. The van der Waals surface area contributed by atoms with Crippen LogP contribution in [0, 0.1) is 5.82 Å². The van der Waals surface area contributed by atoms with Gasteiger partial charge in [-0.2, -0.15) is 4.98 Å². The summed E-state index contributed by atoms with van der Waals surface area (Å²) in [6, 6.07) is 7.40.